The fraction of sp³-hybridized carbons (Fsp3) is 0.435. The molecule has 1 heterocycles. The van der Waals surface area contributed by atoms with Crippen LogP contribution in [0.4, 0.5) is 5.69 Å². The molecule has 0 aliphatic carbocycles. The van der Waals surface area contributed by atoms with Gasteiger partial charge < -0.3 is 10.1 Å². The highest BCUT2D eigenvalue weighted by Crippen LogP contribution is 2.34. The fourth-order valence-corrected chi connectivity index (χ4v) is 4.96. The van der Waals surface area contributed by atoms with E-state index in [4.69, 9.17) is 4.74 Å². The van der Waals surface area contributed by atoms with E-state index in [9.17, 15) is 13.2 Å². The molecule has 0 bridgehead atoms. The molecule has 2 aromatic rings. The number of carbonyl (C=O) groups is 1. The number of sulfonamides is 1. The lowest BCUT2D eigenvalue weighted by atomic mass is 9.74. The molecular formula is C23H30N2O4S. The summed E-state index contributed by atoms with van der Waals surface area (Å²) in [7, 11) is -3.61. The number of ether oxygens (including phenoxy) is 1. The number of benzene rings is 2. The standard InChI is InChI=1S/C23H30N2O4S/c1-18-9-10-21(19(2)15-18)25(30(3,27)28)16-22(26)24-17-23(11-13-29-14-12-23)20-7-5-4-6-8-20/h4-10,15H,11-14,16-17H2,1-3H3,(H,24,26). The zero-order valence-corrected chi connectivity index (χ0v) is 18.7. The summed E-state index contributed by atoms with van der Waals surface area (Å²) in [4.78, 5) is 12.8. The van der Waals surface area contributed by atoms with E-state index < -0.39 is 10.0 Å². The van der Waals surface area contributed by atoms with Gasteiger partial charge in [-0.1, -0.05) is 48.0 Å². The summed E-state index contributed by atoms with van der Waals surface area (Å²) in [5.74, 6) is -0.317. The Balaban J connectivity index is 1.76. The summed E-state index contributed by atoms with van der Waals surface area (Å²) in [5.41, 5.74) is 3.35. The lowest BCUT2D eigenvalue weighted by molar-refractivity contribution is -0.120. The van der Waals surface area contributed by atoms with E-state index in [1.165, 1.54) is 9.87 Å². The van der Waals surface area contributed by atoms with Gasteiger partial charge in [0.05, 0.1) is 11.9 Å². The van der Waals surface area contributed by atoms with Gasteiger partial charge in [-0.3, -0.25) is 9.10 Å². The monoisotopic (exact) mass is 430 g/mol. The van der Waals surface area contributed by atoms with Crippen molar-refractivity contribution in [3.8, 4) is 0 Å². The molecule has 7 heteroatoms. The van der Waals surface area contributed by atoms with Crippen molar-refractivity contribution in [1.82, 2.24) is 5.32 Å². The minimum absolute atomic E-state index is 0.204. The molecule has 6 nitrogen and oxygen atoms in total. The number of nitrogens with zero attached hydrogens (tertiary/aromatic N) is 1. The topological polar surface area (TPSA) is 75.7 Å². The largest absolute Gasteiger partial charge is 0.381 e. The number of carbonyl (C=O) groups excluding carboxylic acids is 1. The van der Waals surface area contributed by atoms with Crippen molar-refractivity contribution in [2.45, 2.75) is 32.1 Å². The lowest BCUT2D eigenvalue weighted by Crippen LogP contribution is -2.47. The Morgan fingerprint density at radius 2 is 1.77 bits per heavy atom. The Labute approximate surface area is 179 Å². The van der Waals surface area contributed by atoms with Crippen LogP contribution in [0.25, 0.3) is 0 Å². The second-order valence-electron chi connectivity index (χ2n) is 8.10. The molecule has 30 heavy (non-hydrogen) atoms. The second-order valence-corrected chi connectivity index (χ2v) is 10.0. The third-order valence-corrected chi connectivity index (χ3v) is 6.90. The molecule has 0 radical (unpaired) electrons. The molecule has 1 amide bonds. The molecule has 162 valence electrons. The van der Waals surface area contributed by atoms with Gasteiger partial charge in [0, 0.05) is 25.2 Å². The van der Waals surface area contributed by atoms with Crippen LogP contribution in [-0.2, 0) is 25.0 Å². The van der Waals surface area contributed by atoms with Gasteiger partial charge in [-0.2, -0.15) is 0 Å². The van der Waals surface area contributed by atoms with Crippen LogP contribution in [0, 0.1) is 13.8 Å². The molecule has 0 unspecified atom stereocenters. The predicted octanol–water partition coefficient (Wildman–Crippen LogP) is 2.93. The molecule has 1 fully saturated rings. The van der Waals surface area contributed by atoms with Crippen molar-refractivity contribution in [3.63, 3.8) is 0 Å². The Morgan fingerprint density at radius 3 is 2.37 bits per heavy atom. The van der Waals surface area contributed by atoms with Gasteiger partial charge in [-0.25, -0.2) is 8.42 Å². The van der Waals surface area contributed by atoms with Crippen molar-refractivity contribution in [2.75, 3.05) is 36.9 Å². The van der Waals surface area contributed by atoms with Gasteiger partial charge in [0.2, 0.25) is 15.9 Å². The highest BCUT2D eigenvalue weighted by molar-refractivity contribution is 7.92. The SMILES string of the molecule is Cc1ccc(N(CC(=O)NCC2(c3ccccc3)CCOCC2)S(C)(=O)=O)c(C)c1. The van der Waals surface area contributed by atoms with Gasteiger partial charge in [-0.05, 0) is 43.9 Å². The molecular weight excluding hydrogens is 400 g/mol. The number of hydrogen-bond acceptors (Lipinski definition) is 4. The Hall–Kier alpha value is -2.38. The third kappa shape index (κ3) is 5.21. The van der Waals surface area contributed by atoms with Crippen LogP contribution in [0.15, 0.2) is 48.5 Å². The zero-order chi connectivity index (χ0) is 21.8. The minimum Gasteiger partial charge on any atom is -0.381 e. The van der Waals surface area contributed by atoms with E-state index in [-0.39, 0.29) is 17.9 Å². The summed E-state index contributed by atoms with van der Waals surface area (Å²) in [5, 5.41) is 2.99. The first-order valence-electron chi connectivity index (χ1n) is 10.2. The van der Waals surface area contributed by atoms with Crippen molar-refractivity contribution in [3.05, 3.63) is 65.2 Å². The lowest BCUT2D eigenvalue weighted by Gasteiger charge is -2.38. The summed E-state index contributed by atoms with van der Waals surface area (Å²) in [6, 6.07) is 15.7. The first kappa shape index (κ1) is 22.3. The van der Waals surface area contributed by atoms with Crippen molar-refractivity contribution in [2.24, 2.45) is 0 Å². The number of nitrogens with one attached hydrogen (secondary N) is 1. The molecule has 1 saturated heterocycles. The third-order valence-electron chi connectivity index (χ3n) is 5.77. The molecule has 1 aliphatic heterocycles. The summed E-state index contributed by atoms with van der Waals surface area (Å²) >= 11 is 0. The van der Waals surface area contributed by atoms with E-state index in [0.717, 1.165) is 30.2 Å². The van der Waals surface area contributed by atoms with Crippen molar-refractivity contribution < 1.29 is 17.9 Å². The van der Waals surface area contributed by atoms with Crippen LogP contribution in [0.3, 0.4) is 0 Å². The molecule has 0 atom stereocenters. The van der Waals surface area contributed by atoms with Gasteiger partial charge >= 0.3 is 0 Å². The van der Waals surface area contributed by atoms with E-state index >= 15 is 0 Å². The molecule has 1 N–H and O–H groups in total. The van der Waals surface area contributed by atoms with Crippen LogP contribution < -0.4 is 9.62 Å². The minimum atomic E-state index is -3.61. The average molecular weight is 431 g/mol. The van der Waals surface area contributed by atoms with E-state index in [0.29, 0.717) is 25.4 Å². The number of aryl methyl sites for hydroxylation is 2. The Kier molecular flexibility index (Phi) is 6.83. The Bertz CT molecular complexity index is 984. The molecule has 0 spiro atoms. The molecule has 3 rings (SSSR count). The smallest absolute Gasteiger partial charge is 0.240 e. The number of hydrogen-bond donors (Lipinski definition) is 1. The summed E-state index contributed by atoms with van der Waals surface area (Å²) in [6.45, 7) is 5.29. The van der Waals surface area contributed by atoms with Crippen LogP contribution in [0.5, 0.6) is 0 Å². The fourth-order valence-electron chi connectivity index (χ4n) is 4.04. The quantitative estimate of drug-likeness (QED) is 0.733. The second kappa shape index (κ2) is 9.18. The highest BCUT2D eigenvalue weighted by atomic mass is 32.2. The molecule has 0 saturated carbocycles. The van der Waals surface area contributed by atoms with Gasteiger partial charge in [0.15, 0.2) is 0 Å². The summed E-state index contributed by atoms with van der Waals surface area (Å²) in [6.07, 6.45) is 2.75. The van der Waals surface area contributed by atoms with Gasteiger partial charge in [0.1, 0.15) is 6.54 Å². The average Bonchev–Trinajstić information content (AvgIpc) is 2.72. The van der Waals surface area contributed by atoms with Gasteiger partial charge in [-0.15, -0.1) is 0 Å². The number of anilines is 1. The van der Waals surface area contributed by atoms with E-state index in [1.54, 1.807) is 6.07 Å². The Morgan fingerprint density at radius 1 is 1.10 bits per heavy atom. The molecule has 1 aliphatic rings. The molecule has 2 aromatic carbocycles. The highest BCUT2D eigenvalue weighted by Gasteiger charge is 2.35. The first-order chi connectivity index (χ1) is 14.2. The van der Waals surface area contributed by atoms with Crippen LogP contribution in [0.1, 0.15) is 29.5 Å². The maximum atomic E-state index is 12.8. The van der Waals surface area contributed by atoms with Crippen molar-refractivity contribution >= 4 is 21.6 Å². The van der Waals surface area contributed by atoms with E-state index in [2.05, 4.69) is 17.4 Å². The van der Waals surface area contributed by atoms with E-state index in [1.807, 2.05) is 44.2 Å². The van der Waals surface area contributed by atoms with Crippen molar-refractivity contribution in [1.29, 1.82) is 0 Å². The normalized spacial score (nSPS) is 16.1. The zero-order valence-electron chi connectivity index (χ0n) is 17.8. The first-order valence-corrected chi connectivity index (χ1v) is 12.0. The van der Waals surface area contributed by atoms with Crippen LogP contribution in [-0.4, -0.2) is 46.9 Å². The van der Waals surface area contributed by atoms with Crippen LogP contribution >= 0.6 is 0 Å². The van der Waals surface area contributed by atoms with Crippen LogP contribution in [0.2, 0.25) is 0 Å². The number of rotatable bonds is 7. The molecule has 0 aromatic heterocycles. The maximum Gasteiger partial charge on any atom is 0.240 e. The summed E-state index contributed by atoms with van der Waals surface area (Å²) < 4.78 is 31.6. The maximum absolute atomic E-state index is 12.8. The predicted molar refractivity (Wildman–Crippen MR) is 119 cm³/mol. The van der Waals surface area contributed by atoms with Gasteiger partial charge in [0.25, 0.3) is 0 Å². The number of amides is 1.